The fourth-order valence-corrected chi connectivity index (χ4v) is 7.02. The average molecular weight is 646 g/mol. The van der Waals surface area contributed by atoms with Crippen molar-refractivity contribution < 1.29 is 13.7 Å². The van der Waals surface area contributed by atoms with Crippen LogP contribution >= 0.6 is 23.2 Å². The summed E-state index contributed by atoms with van der Waals surface area (Å²) in [6, 6.07) is 6.99. The number of aromatic nitrogens is 2. The van der Waals surface area contributed by atoms with Crippen molar-refractivity contribution in [1.29, 1.82) is 10.7 Å². The summed E-state index contributed by atoms with van der Waals surface area (Å²) >= 11 is 12.7. The number of rotatable bonds is 10. The van der Waals surface area contributed by atoms with Gasteiger partial charge in [-0.15, -0.1) is 0 Å². The maximum absolute atomic E-state index is 12.5. The number of hydrogen-bond donors (Lipinski definition) is 2. The number of hydrogen-bond acceptors (Lipinski definition) is 11. The molecule has 3 heterocycles. The van der Waals surface area contributed by atoms with Gasteiger partial charge in [-0.25, -0.2) is 9.35 Å². The van der Waals surface area contributed by atoms with Crippen molar-refractivity contribution >= 4 is 50.1 Å². The number of halogens is 2. The summed E-state index contributed by atoms with van der Waals surface area (Å²) in [7, 11) is 3.03. The standard InChI is InChI=1S/C29H34Cl2N8O3S/c1-17(26-21(30)12-35-13-22(26)31)42-25-8-20(23(33)9-24(25)41-4)27(34)19-7-18(10-32)28(36-11-19)39-15-29(16-39,14-38(2)3)37-43(5,6)40/h7-9,11-13,17,34H,14-16,33H2,1-6H3/t17-/m1/s1. The number of pyridine rings is 2. The van der Waals surface area contributed by atoms with E-state index in [9.17, 15) is 9.47 Å². The van der Waals surface area contributed by atoms with Gasteiger partial charge in [0.2, 0.25) is 0 Å². The molecule has 3 N–H and O–H groups in total. The Kier molecular flexibility index (Phi) is 9.42. The Balaban J connectivity index is 1.63. The smallest absolute Gasteiger partial charge is 0.162 e. The summed E-state index contributed by atoms with van der Waals surface area (Å²) in [5, 5.41) is 19.7. The van der Waals surface area contributed by atoms with Crippen LogP contribution in [0.1, 0.15) is 35.3 Å². The number of nitrogens with zero attached hydrogens (tertiary/aromatic N) is 6. The van der Waals surface area contributed by atoms with Gasteiger partial charge in [-0.3, -0.25) is 14.6 Å². The molecule has 0 saturated carbocycles. The summed E-state index contributed by atoms with van der Waals surface area (Å²) < 4.78 is 28.8. The third-order valence-corrected chi connectivity index (χ3v) is 8.20. The molecule has 0 unspecified atom stereocenters. The molecule has 0 bridgehead atoms. The highest BCUT2D eigenvalue weighted by atomic mass is 35.5. The first-order chi connectivity index (χ1) is 20.2. The van der Waals surface area contributed by atoms with E-state index in [0.29, 0.717) is 69.3 Å². The molecule has 1 fully saturated rings. The Bertz CT molecular complexity index is 1700. The Hall–Kier alpha value is -3.63. The summed E-state index contributed by atoms with van der Waals surface area (Å²) in [5.74, 6) is 1.16. The normalized spacial score (nSPS) is 14.9. The molecular weight excluding hydrogens is 611 g/mol. The molecule has 4 rings (SSSR count). The number of benzene rings is 1. The number of nitriles is 1. The van der Waals surface area contributed by atoms with Crippen LogP contribution in [0.15, 0.2) is 41.2 Å². The predicted molar refractivity (Wildman–Crippen MR) is 172 cm³/mol. The molecule has 1 saturated heterocycles. The van der Waals surface area contributed by atoms with E-state index in [1.807, 2.05) is 23.9 Å². The molecule has 1 aromatic carbocycles. The Morgan fingerprint density at radius 3 is 2.44 bits per heavy atom. The first kappa shape index (κ1) is 32.3. The molecule has 0 amide bonds. The molecule has 14 heteroatoms. The predicted octanol–water partition coefficient (Wildman–Crippen LogP) is 4.65. The zero-order valence-corrected chi connectivity index (χ0v) is 27.1. The number of anilines is 2. The van der Waals surface area contributed by atoms with Crippen LogP contribution in [-0.4, -0.2) is 83.7 Å². The lowest BCUT2D eigenvalue weighted by Gasteiger charge is -2.49. The van der Waals surface area contributed by atoms with Crippen molar-refractivity contribution in [2.75, 3.05) is 64.0 Å². The van der Waals surface area contributed by atoms with Gasteiger partial charge in [0.15, 0.2) is 11.5 Å². The highest BCUT2D eigenvalue weighted by Crippen LogP contribution is 2.39. The van der Waals surface area contributed by atoms with Gasteiger partial charge in [-0.1, -0.05) is 23.2 Å². The van der Waals surface area contributed by atoms with Crippen molar-refractivity contribution in [1.82, 2.24) is 14.9 Å². The van der Waals surface area contributed by atoms with E-state index >= 15 is 0 Å². The van der Waals surface area contributed by atoms with Gasteiger partial charge < -0.3 is 25.0 Å². The maximum atomic E-state index is 12.5. The molecule has 2 aromatic heterocycles. The number of ether oxygens (including phenoxy) is 2. The van der Waals surface area contributed by atoms with Crippen LogP contribution in [-0.2, 0) is 9.73 Å². The highest BCUT2D eigenvalue weighted by Gasteiger charge is 2.45. The molecule has 228 valence electrons. The van der Waals surface area contributed by atoms with Gasteiger partial charge in [-0.2, -0.15) is 5.26 Å². The number of nitrogens with one attached hydrogen (secondary N) is 1. The monoisotopic (exact) mass is 644 g/mol. The molecular formula is C29H34Cl2N8O3S. The minimum Gasteiger partial charge on any atom is -0.493 e. The Morgan fingerprint density at radius 2 is 1.88 bits per heavy atom. The van der Waals surface area contributed by atoms with Crippen LogP contribution in [0.2, 0.25) is 10.0 Å². The van der Waals surface area contributed by atoms with Crippen molar-refractivity contribution in [2.24, 2.45) is 4.36 Å². The molecule has 0 aliphatic carbocycles. The second-order valence-electron chi connectivity index (χ2n) is 11.0. The zero-order valence-electron chi connectivity index (χ0n) is 24.8. The summed E-state index contributed by atoms with van der Waals surface area (Å²) in [5.41, 5.74) is 7.75. The molecule has 0 radical (unpaired) electrons. The first-order valence-corrected chi connectivity index (χ1v) is 16.3. The van der Waals surface area contributed by atoms with E-state index in [1.54, 1.807) is 37.6 Å². The Morgan fingerprint density at radius 1 is 1.23 bits per heavy atom. The second-order valence-corrected chi connectivity index (χ2v) is 14.4. The fraction of sp³-hybridized carbons (Fsp3) is 0.379. The highest BCUT2D eigenvalue weighted by molar-refractivity contribution is 7.92. The molecule has 1 atom stereocenters. The minimum atomic E-state index is -2.34. The van der Waals surface area contributed by atoms with Crippen molar-refractivity contribution in [3.63, 3.8) is 0 Å². The lowest BCUT2D eigenvalue weighted by molar-refractivity contribution is 0.216. The molecule has 0 spiro atoms. The second kappa shape index (κ2) is 12.5. The molecule has 11 nitrogen and oxygen atoms in total. The third-order valence-electron chi connectivity index (χ3n) is 6.78. The number of likely N-dealkylation sites (N-methyl/N-ethyl adjacent to an activating group) is 1. The van der Waals surface area contributed by atoms with Gasteiger partial charge in [-0.05, 0) is 33.2 Å². The maximum Gasteiger partial charge on any atom is 0.162 e. The van der Waals surface area contributed by atoms with Crippen LogP contribution in [0, 0.1) is 16.7 Å². The lowest BCUT2D eigenvalue weighted by atomic mass is 9.90. The van der Waals surface area contributed by atoms with Crippen LogP contribution in [0.25, 0.3) is 0 Å². The van der Waals surface area contributed by atoms with E-state index < -0.39 is 21.4 Å². The third kappa shape index (κ3) is 7.13. The Labute approximate surface area is 262 Å². The van der Waals surface area contributed by atoms with Crippen LogP contribution in [0.4, 0.5) is 11.5 Å². The van der Waals surface area contributed by atoms with Gasteiger partial charge in [0, 0.05) is 88.9 Å². The largest absolute Gasteiger partial charge is 0.493 e. The van der Waals surface area contributed by atoms with Crippen molar-refractivity contribution in [3.8, 4) is 17.6 Å². The number of nitrogen functional groups attached to an aromatic ring is 1. The summed E-state index contributed by atoms with van der Waals surface area (Å²) in [6.45, 7) is 3.34. The zero-order chi connectivity index (χ0) is 31.7. The van der Waals surface area contributed by atoms with Gasteiger partial charge >= 0.3 is 0 Å². The average Bonchev–Trinajstić information content (AvgIpc) is 2.90. The van der Waals surface area contributed by atoms with E-state index in [-0.39, 0.29) is 11.4 Å². The van der Waals surface area contributed by atoms with Crippen LogP contribution in [0.5, 0.6) is 11.5 Å². The molecule has 3 aromatic rings. The molecule has 1 aliphatic heterocycles. The fourth-order valence-electron chi connectivity index (χ4n) is 5.24. The van der Waals surface area contributed by atoms with E-state index in [2.05, 4.69) is 20.4 Å². The summed E-state index contributed by atoms with van der Waals surface area (Å²) in [4.78, 5) is 12.5. The SMILES string of the molecule is COc1cc(N)c(C(=N)c2cnc(N3CC(CN(C)C)(N=S(C)(C)=O)C3)c(C#N)c2)cc1O[C@H](C)c1c(Cl)cncc1Cl. The van der Waals surface area contributed by atoms with E-state index in [0.717, 1.165) is 0 Å². The van der Waals surface area contributed by atoms with Crippen LogP contribution in [0.3, 0.4) is 0 Å². The van der Waals surface area contributed by atoms with E-state index in [4.69, 9.17) is 43.8 Å². The van der Waals surface area contributed by atoms with Crippen LogP contribution < -0.4 is 20.1 Å². The number of nitrogens with two attached hydrogens (primary N) is 1. The molecule has 43 heavy (non-hydrogen) atoms. The van der Waals surface area contributed by atoms with Crippen molar-refractivity contribution in [2.45, 2.75) is 18.6 Å². The molecule has 1 aliphatic rings. The quantitative estimate of drug-likeness (QED) is 0.237. The van der Waals surface area contributed by atoms with E-state index in [1.165, 1.54) is 25.7 Å². The number of methoxy groups -OCH3 is 1. The van der Waals surface area contributed by atoms with Gasteiger partial charge in [0.25, 0.3) is 0 Å². The topological polar surface area (TPSA) is 154 Å². The lowest BCUT2D eigenvalue weighted by Crippen LogP contribution is -2.65. The van der Waals surface area contributed by atoms with Crippen molar-refractivity contribution in [3.05, 3.63) is 69.1 Å². The van der Waals surface area contributed by atoms with Gasteiger partial charge in [0.1, 0.15) is 23.5 Å². The van der Waals surface area contributed by atoms with Gasteiger partial charge in [0.05, 0.1) is 28.4 Å². The first-order valence-electron chi connectivity index (χ1n) is 13.2. The summed E-state index contributed by atoms with van der Waals surface area (Å²) in [6.07, 6.45) is 7.17. The minimum absolute atomic E-state index is 0.0467.